The minimum absolute atomic E-state index is 0.0652. The molecule has 0 radical (unpaired) electrons. The van der Waals surface area contributed by atoms with E-state index in [0.717, 1.165) is 0 Å². The minimum Gasteiger partial charge on any atom is -0.481 e. The van der Waals surface area contributed by atoms with Crippen LogP contribution in [0, 0.1) is 0 Å². The average Bonchev–Trinajstić information content (AvgIpc) is 2.26. The summed E-state index contributed by atoms with van der Waals surface area (Å²) in [5.41, 5.74) is 5.68. The van der Waals surface area contributed by atoms with E-state index in [1.54, 1.807) is 0 Å². The summed E-state index contributed by atoms with van der Waals surface area (Å²) < 4.78 is 29.8. The van der Waals surface area contributed by atoms with Crippen LogP contribution in [0.4, 0.5) is 8.78 Å². The van der Waals surface area contributed by atoms with Gasteiger partial charge in [0.15, 0.2) is 0 Å². The number of nitrogens with two attached hydrogens (primary N) is 1. The Morgan fingerprint density at radius 1 is 1.60 bits per heavy atom. The Kier molecular flexibility index (Phi) is 3.93. The number of halogens is 2. The minimum atomic E-state index is -2.69. The highest BCUT2D eigenvalue weighted by molar-refractivity contribution is 5.35. The first-order valence-electron chi connectivity index (χ1n) is 4.29. The van der Waals surface area contributed by atoms with E-state index in [-0.39, 0.29) is 24.6 Å². The molecule has 0 fully saturated rings. The van der Waals surface area contributed by atoms with Gasteiger partial charge in [-0.15, -0.1) is 0 Å². The van der Waals surface area contributed by atoms with Crippen LogP contribution in [-0.4, -0.2) is 17.2 Å². The van der Waals surface area contributed by atoms with E-state index in [4.69, 9.17) is 15.6 Å². The van der Waals surface area contributed by atoms with Crippen LogP contribution >= 0.6 is 0 Å². The lowest BCUT2D eigenvalue weighted by molar-refractivity contribution is 0.145. The van der Waals surface area contributed by atoms with E-state index >= 15 is 0 Å². The number of ether oxygens (including phenoxy) is 1. The Morgan fingerprint density at radius 3 is 2.67 bits per heavy atom. The van der Waals surface area contributed by atoms with Gasteiger partial charge in [-0.3, -0.25) is 0 Å². The Morgan fingerprint density at radius 2 is 2.27 bits per heavy atom. The molecule has 0 saturated heterocycles. The molecule has 1 heterocycles. The molecule has 84 valence electrons. The zero-order chi connectivity index (χ0) is 11.4. The van der Waals surface area contributed by atoms with Crippen molar-refractivity contribution < 1.29 is 18.6 Å². The van der Waals surface area contributed by atoms with Crippen molar-refractivity contribution in [2.45, 2.75) is 19.6 Å². The van der Waals surface area contributed by atoms with E-state index < -0.39 is 6.43 Å². The van der Waals surface area contributed by atoms with Crippen molar-refractivity contribution in [3.8, 4) is 5.88 Å². The fraction of sp³-hybridized carbons (Fsp3) is 0.444. The molecule has 0 aromatic carbocycles. The van der Waals surface area contributed by atoms with Crippen LogP contribution in [0.5, 0.6) is 5.88 Å². The molecule has 0 atom stereocenters. The van der Waals surface area contributed by atoms with Gasteiger partial charge in [-0.2, -0.15) is 0 Å². The van der Waals surface area contributed by atoms with Crippen molar-refractivity contribution in [2.24, 2.45) is 5.73 Å². The molecule has 0 spiro atoms. The summed E-state index contributed by atoms with van der Waals surface area (Å²) in [6.45, 7) is -0.307. The molecule has 3 N–H and O–H groups in total. The lowest BCUT2D eigenvalue weighted by atomic mass is 10.1. The van der Waals surface area contributed by atoms with Crippen LogP contribution in [-0.2, 0) is 13.2 Å². The zero-order valence-corrected chi connectivity index (χ0v) is 8.20. The van der Waals surface area contributed by atoms with Crippen molar-refractivity contribution >= 4 is 0 Å². The second-order valence-electron chi connectivity index (χ2n) is 2.86. The second kappa shape index (κ2) is 4.99. The third-order valence-corrected chi connectivity index (χ3v) is 1.98. The maximum absolute atomic E-state index is 12.5. The molecule has 0 amide bonds. The van der Waals surface area contributed by atoms with E-state index in [0.29, 0.717) is 11.3 Å². The highest BCUT2D eigenvalue weighted by Gasteiger charge is 2.18. The van der Waals surface area contributed by atoms with Crippen molar-refractivity contribution in [2.75, 3.05) is 7.11 Å². The number of hydrogen-bond acceptors (Lipinski definition) is 4. The van der Waals surface area contributed by atoms with Gasteiger partial charge in [-0.25, -0.2) is 13.8 Å². The van der Waals surface area contributed by atoms with Crippen LogP contribution < -0.4 is 10.5 Å². The van der Waals surface area contributed by atoms with Gasteiger partial charge in [-0.05, 0) is 6.07 Å². The number of aliphatic hydroxyl groups is 1. The Labute approximate surface area is 85.7 Å². The van der Waals surface area contributed by atoms with Crippen LogP contribution in [0.3, 0.4) is 0 Å². The van der Waals surface area contributed by atoms with Gasteiger partial charge in [-0.1, -0.05) is 0 Å². The number of aromatic nitrogens is 1. The van der Waals surface area contributed by atoms with E-state index in [1.807, 2.05) is 0 Å². The molecule has 15 heavy (non-hydrogen) atoms. The Bertz CT molecular complexity index is 345. The first-order valence-corrected chi connectivity index (χ1v) is 4.29. The Balaban J connectivity index is 3.27. The van der Waals surface area contributed by atoms with Gasteiger partial charge in [0.2, 0.25) is 5.88 Å². The van der Waals surface area contributed by atoms with Gasteiger partial charge in [0.25, 0.3) is 6.43 Å². The summed E-state index contributed by atoms with van der Waals surface area (Å²) in [6.07, 6.45) is -2.69. The topological polar surface area (TPSA) is 68.4 Å². The number of alkyl halides is 2. The molecule has 1 aromatic rings. The Hall–Kier alpha value is -1.27. The molecule has 0 aliphatic heterocycles. The van der Waals surface area contributed by atoms with E-state index in [9.17, 15) is 8.78 Å². The molecule has 1 aromatic heterocycles. The van der Waals surface area contributed by atoms with E-state index in [1.165, 1.54) is 13.2 Å². The van der Waals surface area contributed by atoms with Crippen LogP contribution in [0.2, 0.25) is 0 Å². The fourth-order valence-electron chi connectivity index (χ4n) is 1.23. The molecule has 4 nitrogen and oxygen atoms in total. The SMILES string of the molecule is COc1nc(CN)c(CO)cc1C(F)F. The monoisotopic (exact) mass is 218 g/mol. The van der Waals surface area contributed by atoms with Crippen molar-refractivity contribution in [3.63, 3.8) is 0 Å². The smallest absolute Gasteiger partial charge is 0.269 e. The number of hydrogen-bond donors (Lipinski definition) is 2. The summed E-state index contributed by atoms with van der Waals surface area (Å²) in [6, 6.07) is 1.17. The van der Waals surface area contributed by atoms with Gasteiger partial charge in [0.1, 0.15) is 0 Å². The van der Waals surface area contributed by atoms with Crippen LogP contribution in [0.25, 0.3) is 0 Å². The summed E-state index contributed by atoms with van der Waals surface area (Å²) in [4.78, 5) is 3.81. The van der Waals surface area contributed by atoms with Gasteiger partial charge < -0.3 is 15.6 Å². The summed E-state index contributed by atoms with van der Waals surface area (Å²) in [7, 11) is 1.26. The molecule has 1 rings (SSSR count). The molecule has 0 saturated carbocycles. The second-order valence-corrected chi connectivity index (χ2v) is 2.86. The highest BCUT2D eigenvalue weighted by Crippen LogP contribution is 2.29. The fourth-order valence-corrected chi connectivity index (χ4v) is 1.23. The van der Waals surface area contributed by atoms with Crippen molar-refractivity contribution in [3.05, 3.63) is 22.9 Å². The van der Waals surface area contributed by atoms with Gasteiger partial charge >= 0.3 is 0 Å². The predicted molar refractivity (Wildman–Crippen MR) is 49.6 cm³/mol. The molecule has 6 heteroatoms. The standard InChI is InChI=1S/C9H12F2N2O2/c1-15-9-6(8(10)11)2-5(4-14)7(3-12)13-9/h2,8,14H,3-4,12H2,1H3. The van der Waals surface area contributed by atoms with Gasteiger partial charge in [0.05, 0.1) is 25.0 Å². The first-order chi connectivity index (χ1) is 7.13. The normalized spacial score (nSPS) is 10.8. The summed E-state index contributed by atoms with van der Waals surface area (Å²) >= 11 is 0. The number of nitrogens with zero attached hydrogens (tertiary/aromatic N) is 1. The first kappa shape index (κ1) is 11.8. The maximum Gasteiger partial charge on any atom is 0.269 e. The lowest BCUT2D eigenvalue weighted by Crippen LogP contribution is -2.08. The van der Waals surface area contributed by atoms with E-state index in [2.05, 4.69) is 4.98 Å². The average molecular weight is 218 g/mol. The molecule has 0 unspecified atom stereocenters. The summed E-state index contributed by atoms with van der Waals surface area (Å²) in [5, 5.41) is 8.94. The van der Waals surface area contributed by atoms with Crippen LogP contribution in [0.1, 0.15) is 23.2 Å². The molecular weight excluding hydrogens is 206 g/mol. The highest BCUT2D eigenvalue weighted by atomic mass is 19.3. The lowest BCUT2D eigenvalue weighted by Gasteiger charge is -2.11. The molecule has 0 aliphatic carbocycles. The van der Waals surface area contributed by atoms with Gasteiger partial charge in [0, 0.05) is 12.1 Å². The number of rotatable bonds is 4. The number of pyridine rings is 1. The molecular formula is C9H12F2N2O2. The predicted octanol–water partition coefficient (Wildman–Crippen LogP) is 0.979. The number of aliphatic hydroxyl groups excluding tert-OH is 1. The third kappa shape index (κ3) is 2.40. The van der Waals surface area contributed by atoms with Crippen LogP contribution in [0.15, 0.2) is 6.07 Å². The van der Waals surface area contributed by atoms with Crippen molar-refractivity contribution in [1.29, 1.82) is 0 Å². The zero-order valence-electron chi connectivity index (χ0n) is 8.20. The van der Waals surface area contributed by atoms with Crippen molar-refractivity contribution in [1.82, 2.24) is 4.98 Å². The number of methoxy groups -OCH3 is 1. The molecule has 0 aliphatic rings. The molecule has 0 bridgehead atoms. The summed E-state index contributed by atoms with van der Waals surface area (Å²) in [5.74, 6) is -0.150. The maximum atomic E-state index is 12.5. The quantitative estimate of drug-likeness (QED) is 0.790. The largest absolute Gasteiger partial charge is 0.481 e. The third-order valence-electron chi connectivity index (χ3n) is 1.98.